The minimum Gasteiger partial charge on any atom is -0.135 e. The molecule has 5 aromatic carbocycles. The third-order valence-corrected chi connectivity index (χ3v) is 11.0. The molecule has 0 radical (unpaired) electrons. The zero-order valence-corrected chi connectivity index (χ0v) is 24.4. The van der Waals surface area contributed by atoms with Crippen LogP contribution in [-0.4, -0.2) is 5.25 Å². The summed E-state index contributed by atoms with van der Waals surface area (Å²) in [6.07, 6.45) is 7.00. The molecule has 2 heterocycles. The number of hydrogen-bond acceptors (Lipinski definition) is 2. The fourth-order valence-corrected chi connectivity index (χ4v) is 9.14. The molecule has 0 spiro atoms. The second kappa shape index (κ2) is 9.76. The molecule has 0 saturated carbocycles. The summed E-state index contributed by atoms with van der Waals surface area (Å²) in [6.45, 7) is 6.23. The van der Waals surface area contributed by atoms with Gasteiger partial charge in [-0.25, -0.2) is 0 Å². The number of hydrogen-bond donors (Lipinski definition) is 0. The van der Waals surface area contributed by atoms with E-state index in [4.69, 9.17) is 0 Å². The van der Waals surface area contributed by atoms with E-state index in [1.165, 1.54) is 69.6 Å². The molecule has 0 fully saturated rings. The van der Waals surface area contributed by atoms with Gasteiger partial charge in [-0.2, -0.15) is 0 Å². The minimum atomic E-state index is 0.386. The fraction of sp³-hybridized carbons (Fsp3) is 0.0769. The summed E-state index contributed by atoms with van der Waals surface area (Å²) >= 11 is 3.96. The van der Waals surface area contributed by atoms with Crippen LogP contribution in [0, 0.1) is 0 Å². The minimum absolute atomic E-state index is 0.386. The maximum atomic E-state index is 4.16. The Balaban J connectivity index is 1.19. The van der Waals surface area contributed by atoms with E-state index in [1.54, 1.807) is 0 Å². The average Bonchev–Trinajstić information content (AvgIpc) is 3.58. The van der Waals surface area contributed by atoms with E-state index in [9.17, 15) is 0 Å². The van der Waals surface area contributed by atoms with Crippen molar-refractivity contribution in [2.75, 3.05) is 0 Å². The first-order valence-corrected chi connectivity index (χ1v) is 15.8. The van der Waals surface area contributed by atoms with E-state index in [-0.39, 0.29) is 0 Å². The van der Waals surface area contributed by atoms with Crippen LogP contribution in [0.25, 0.3) is 53.6 Å². The first kappa shape index (κ1) is 24.7. The molecule has 0 N–H and O–H groups in total. The molecule has 0 saturated heterocycles. The van der Waals surface area contributed by atoms with Crippen LogP contribution in [0.2, 0.25) is 0 Å². The third kappa shape index (κ3) is 4.13. The van der Waals surface area contributed by atoms with Crippen LogP contribution in [-0.2, 0) is 0 Å². The first-order valence-electron chi connectivity index (χ1n) is 14.1. The summed E-state index contributed by atoms with van der Waals surface area (Å²) in [5, 5.41) is 3.11. The van der Waals surface area contributed by atoms with Gasteiger partial charge in [0.2, 0.25) is 0 Å². The molecule has 0 amide bonds. The molecular weight excluding hydrogens is 533 g/mol. The number of allylic oxidation sites excluding steroid dienone is 4. The lowest BCUT2D eigenvalue weighted by atomic mass is 9.84. The molecule has 0 bridgehead atoms. The van der Waals surface area contributed by atoms with E-state index < -0.39 is 0 Å². The quantitative estimate of drug-likeness (QED) is 0.207. The van der Waals surface area contributed by atoms with Gasteiger partial charge in [-0.15, -0.1) is 23.1 Å². The molecule has 8 rings (SSSR count). The van der Waals surface area contributed by atoms with Gasteiger partial charge in [0.1, 0.15) is 0 Å². The van der Waals surface area contributed by atoms with Crippen molar-refractivity contribution in [3.8, 4) is 22.3 Å². The molecule has 41 heavy (non-hydrogen) atoms. The van der Waals surface area contributed by atoms with Gasteiger partial charge in [0.05, 0.1) is 0 Å². The van der Waals surface area contributed by atoms with Crippen LogP contribution in [0.5, 0.6) is 0 Å². The second-order valence-electron chi connectivity index (χ2n) is 11.0. The lowest BCUT2D eigenvalue weighted by Crippen LogP contribution is -2.13. The predicted octanol–water partition coefficient (Wildman–Crippen LogP) is 11.6. The first-order chi connectivity index (χ1) is 20.1. The Bertz CT molecular complexity index is 2050. The van der Waals surface area contributed by atoms with Gasteiger partial charge in [0.15, 0.2) is 0 Å². The topological polar surface area (TPSA) is 0 Å². The van der Waals surface area contributed by atoms with Crippen molar-refractivity contribution in [1.82, 2.24) is 0 Å². The van der Waals surface area contributed by atoms with Crippen molar-refractivity contribution in [3.63, 3.8) is 0 Å². The molecule has 2 heteroatoms. The van der Waals surface area contributed by atoms with E-state index in [2.05, 4.69) is 141 Å². The normalized spacial score (nSPS) is 17.4. The maximum Gasteiger partial charge on any atom is 0.0454 e. The van der Waals surface area contributed by atoms with Crippen LogP contribution in [0.15, 0.2) is 139 Å². The van der Waals surface area contributed by atoms with Crippen LogP contribution < -0.4 is 0 Å². The lowest BCUT2D eigenvalue weighted by Gasteiger charge is -2.23. The van der Waals surface area contributed by atoms with E-state index >= 15 is 0 Å². The molecule has 2 aliphatic rings. The van der Waals surface area contributed by atoms with Gasteiger partial charge in [-0.05, 0) is 75.7 Å². The molecule has 1 aliphatic carbocycles. The lowest BCUT2D eigenvalue weighted by molar-refractivity contribution is 0.896. The molecule has 1 aliphatic heterocycles. The average molecular weight is 561 g/mol. The predicted molar refractivity (Wildman–Crippen MR) is 181 cm³/mol. The van der Waals surface area contributed by atoms with E-state index in [1.807, 2.05) is 23.1 Å². The van der Waals surface area contributed by atoms with Crippen LogP contribution in [0.1, 0.15) is 29.5 Å². The van der Waals surface area contributed by atoms with Crippen molar-refractivity contribution in [3.05, 3.63) is 151 Å². The maximum absolute atomic E-state index is 4.16. The van der Waals surface area contributed by atoms with Crippen LogP contribution >= 0.6 is 23.1 Å². The SMILES string of the molecule is C=C(C)c1cccc(-c2cccc3c2sc2cc4c(cc23)SC2C(c3cccc(-c5ccccc5)c3)=CC=CC42)c1. The summed E-state index contributed by atoms with van der Waals surface area (Å²) in [4.78, 5) is 1.42. The van der Waals surface area contributed by atoms with Gasteiger partial charge < -0.3 is 0 Å². The number of benzene rings is 5. The molecular formula is C39H28S2. The number of fused-ring (bicyclic) bond motifs is 6. The highest BCUT2D eigenvalue weighted by atomic mass is 32.2. The zero-order chi connectivity index (χ0) is 27.5. The number of thiophene rings is 1. The zero-order valence-electron chi connectivity index (χ0n) is 22.8. The number of rotatable bonds is 4. The van der Waals surface area contributed by atoms with Gasteiger partial charge in [0, 0.05) is 36.2 Å². The van der Waals surface area contributed by atoms with Gasteiger partial charge in [-0.1, -0.05) is 115 Å². The van der Waals surface area contributed by atoms with Crippen molar-refractivity contribution >= 4 is 54.4 Å². The Morgan fingerprint density at radius 3 is 2.37 bits per heavy atom. The molecule has 2 unspecified atom stereocenters. The van der Waals surface area contributed by atoms with E-state index in [0.717, 1.165) is 5.57 Å². The third-order valence-electron chi connectivity index (χ3n) is 8.44. The molecule has 196 valence electrons. The largest absolute Gasteiger partial charge is 0.135 e. The summed E-state index contributed by atoms with van der Waals surface area (Å²) in [5.41, 5.74) is 11.6. The van der Waals surface area contributed by atoms with Gasteiger partial charge in [-0.3, -0.25) is 0 Å². The fourth-order valence-electron chi connectivity index (χ4n) is 6.36. The van der Waals surface area contributed by atoms with Crippen molar-refractivity contribution in [2.24, 2.45) is 0 Å². The molecule has 0 nitrogen and oxygen atoms in total. The van der Waals surface area contributed by atoms with Crippen LogP contribution in [0.4, 0.5) is 0 Å². The van der Waals surface area contributed by atoms with Gasteiger partial charge >= 0.3 is 0 Å². The van der Waals surface area contributed by atoms with Crippen molar-refractivity contribution in [1.29, 1.82) is 0 Å². The standard InChI is InChI=1S/C39H28S2/c1-24(2)26-12-6-14-28(20-26)30-16-8-18-32-34-22-37-35(23-36(34)40-38(30)32)33-19-9-17-31(39(33)41-37)29-15-7-13-27(21-29)25-10-4-3-5-11-25/h3-23,33,39H,1H2,2H3. The highest BCUT2D eigenvalue weighted by Crippen LogP contribution is 2.55. The number of thioether (sulfide) groups is 1. The Labute approximate surface area is 249 Å². The smallest absolute Gasteiger partial charge is 0.0454 e. The second-order valence-corrected chi connectivity index (χ2v) is 13.3. The Morgan fingerprint density at radius 2 is 1.49 bits per heavy atom. The summed E-state index contributed by atoms with van der Waals surface area (Å²) in [7, 11) is 0. The van der Waals surface area contributed by atoms with Crippen molar-refractivity contribution < 1.29 is 0 Å². The molecule has 6 aromatic rings. The molecule has 1 aromatic heterocycles. The summed E-state index contributed by atoms with van der Waals surface area (Å²) in [5.74, 6) is 0.386. The Kier molecular flexibility index (Phi) is 5.87. The highest BCUT2D eigenvalue weighted by Gasteiger charge is 2.36. The summed E-state index contributed by atoms with van der Waals surface area (Å²) < 4.78 is 2.74. The monoisotopic (exact) mass is 560 g/mol. The molecule has 2 atom stereocenters. The highest BCUT2D eigenvalue weighted by molar-refractivity contribution is 8.00. The van der Waals surface area contributed by atoms with Crippen LogP contribution in [0.3, 0.4) is 0 Å². The Hall–Kier alpha value is -4.11. The summed E-state index contributed by atoms with van der Waals surface area (Å²) in [6, 6.07) is 40.2. The van der Waals surface area contributed by atoms with E-state index in [0.29, 0.717) is 11.2 Å². The Morgan fingerprint density at radius 1 is 0.707 bits per heavy atom. The van der Waals surface area contributed by atoms with Gasteiger partial charge in [0.25, 0.3) is 0 Å². The van der Waals surface area contributed by atoms with Crippen molar-refractivity contribution in [2.45, 2.75) is 23.0 Å².